The Morgan fingerprint density at radius 2 is 2.00 bits per heavy atom. The van der Waals surface area contributed by atoms with Gasteiger partial charge in [0.1, 0.15) is 5.54 Å². The predicted octanol–water partition coefficient (Wildman–Crippen LogP) is 3.50. The molecule has 0 aliphatic rings. The topological polar surface area (TPSA) is 45.0 Å². The molecule has 0 heterocycles. The monoisotopic (exact) mass is 246 g/mol. The van der Waals surface area contributed by atoms with Crippen molar-refractivity contribution in [3.63, 3.8) is 0 Å². The third-order valence-corrected chi connectivity index (χ3v) is 3.02. The zero-order chi connectivity index (χ0) is 13.8. The maximum Gasteiger partial charge on any atom is 0.125 e. The molecule has 3 heteroatoms. The zero-order valence-electron chi connectivity index (χ0n) is 11.9. The molecular weight excluding hydrogens is 224 g/mol. The van der Waals surface area contributed by atoms with Crippen molar-refractivity contribution in [2.24, 2.45) is 0 Å². The van der Waals surface area contributed by atoms with Crippen LogP contribution in [0.15, 0.2) is 24.3 Å². The summed E-state index contributed by atoms with van der Waals surface area (Å²) < 4.78 is 5.41. The molecule has 1 unspecified atom stereocenters. The van der Waals surface area contributed by atoms with E-state index in [0.29, 0.717) is 6.42 Å². The lowest BCUT2D eigenvalue weighted by molar-refractivity contribution is 0.00725. The molecule has 0 saturated carbocycles. The Morgan fingerprint density at radius 3 is 2.50 bits per heavy atom. The first kappa shape index (κ1) is 14.5. The van der Waals surface area contributed by atoms with Gasteiger partial charge in [-0.1, -0.05) is 12.1 Å². The summed E-state index contributed by atoms with van der Waals surface area (Å²) in [4.78, 5) is 0. The van der Waals surface area contributed by atoms with Gasteiger partial charge in [-0.2, -0.15) is 5.26 Å². The van der Waals surface area contributed by atoms with Gasteiger partial charge in [-0.25, -0.2) is 0 Å². The molecule has 3 nitrogen and oxygen atoms in total. The van der Waals surface area contributed by atoms with E-state index in [2.05, 4.69) is 11.4 Å². The van der Waals surface area contributed by atoms with Crippen molar-refractivity contribution >= 4 is 5.69 Å². The third-order valence-electron chi connectivity index (χ3n) is 3.02. The Labute approximate surface area is 110 Å². The molecule has 1 rings (SSSR count). The van der Waals surface area contributed by atoms with Gasteiger partial charge in [-0.05, 0) is 45.4 Å². The van der Waals surface area contributed by atoms with Crippen LogP contribution in [0.3, 0.4) is 0 Å². The fourth-order valence-corrected chi connectivity index (χ4v) is 2.08. The van der Waals surface area contributed by atoms with E-state index in [1.54, 1.807) is 7.11 Å². The van der Waals surface area contributed by atoms with Crippen molar-refractivity contribution in [3.8, 4) is 6.07 Å². The number of hydrogen-bond donors (Lipinski definition) is 1. The fraction of sp³-hybridized carbons (Fsp3) is 0.533. The second kappa shape index (κ2) is 5.41. The van der Waals surface area contributed by atoms with Crippen molar-refractivity contribution in [1.29, 1.82) is 5.26 Å². The summed E-state index contributed by atoms with van der Waals surface area (Å²) in [5, 5.41) is 12.7. The minimum atomic E-state index is -0.646. The molecular formula is C15H22N2O. The molecule has 0 bridgehead atoms. The van der Waals surface area contributed by atoms with E-state index in [1.165, 1.54) is 5.56 Å². The van der Waals surface area contributed by atoms with E-state index in [1.807, 2.05) is 52.0 Å². The van der Waals surface area contributed by atoms with E-state index in [4.69, 9.17) is 4.74 Å². The molecule has 0 saturated heterocycles. The lowest BCUT2D eigenvalue weighted by Crippen LogP contribution is -2.41. The molecule has 0 aliphatic heterocycles. The van der Waals surface area contributed by atoms with E-state index in [0.717, 1.165) is 5.69 Å². The summed E-state index contributed by atoms with van der Waals surface area (Å²) in [5.74, 6) is 0. The minimum absolute atomic E-state index is 0.332. The van der Waals surface area contributed by atoms with Gasteiger partial charge in [-0.15, -0.1) is 0 Å². The molecule has 18 heavy (non-hydrogen) atoms. The van der Waals surface area contributed by atoms with Crippen molar-refractivity contribution in [2.75, 3.05) is 12.4 Å². The van der Waals surface area contributed by atoms with E-state index < -0.39 is 5.54 Å². The Balaban J connectivity index is 2.87. The first-order valence-corrected chi connectivity index (χ1v) is 6.11. The number of nitrogens with one attached hydrogen (secondary N) is 1. The highest BCUT2D eigenvalue weighted by atomic mass is 16.5. The predicted molar refractivity (Wildman–Crippen MR) is 74.5 cm³/mol. The number of methoxy groups -OCH3 is 1. The molecule has 1 N–H and O–H groups in total. The second-order valence-electron chi connectivity index (χ2n) is 5.58. The Morgan fingerprint density at radius 1 is 1.33 bits per heavy atom. The van der Waals surface area contributed by atoms with Crippen molar-refractivity contribution in [3.05, 3.63) is 29.8 Å². The second-order valence-corrected chi connectivity index (χ2v) is 5.58. The first-order chi connectivity index (χ1) is 8.30. The molecule has 0 aliphatic carbocycles. The molecule has 1 atom stereocenters. The SMILES string of the molecule is COC(C)(C)CC(C)(C#N)Nc1cccc(C)c1. The largest absolute Gasteiger partial charge is 0.379 e. The van der Waals surface area contributed by atoms with Crippen LogP contribution in [0.5, 0.6) is 0 Å². The quantitative estimate of drug-likeness (QED) is 0.864. The van der Waals surface area contributed by atoms with Gasteiger partial charge in [0.25, 0.3) is 0 Å². The van der Waals surface area contributed by atoms with Crippen LogP contribution in [0.1, 0.15) is 32.8 Å². The smallest absolute Gasteiger partial charge is 0.125 e. The Bertz CT molecular complexity index is 448. The molecule has 0 radical (unpaired) electrons. The van der Waals surface area contributed by atoms with Crippen LogP contribution in [0.4, 0.5) is 5.69 Å². The van der Waals surface area contributed by atoms with Crippen LogP contribution in [0, 0.1) is 18.3 Å². The summed E-state index contributed by atoms with van der Waals surface area (Å²) >= 11 is 0. The molecule has 1 aromatic carbocycles. The van der Waals surface area contributed by atoms with Gasteiger partial charge in [0.2, 0.25) is 0 Å². The Hall–Kier alpha value is -1.53. The fourth-order valence-electron chi connectivity index (χ4n) is 2.08. The van der Waals surface area contributed by atoms with Crippen LogP contribution in [-0.4, -0.2) is 18.2 Å². The van der Waals surface area contributed by atoms with E-state index in [-0.39, 0.29) is 5.60 Å². The van der Waals surface area contributed by atoms with Crippen molar-refractivity contribution < 1.29 is 4.74 Å². The summed E-state index contributed by atoms with van der Waals surface area (Å²) in [5.41, 5.74) is 1.16. The highest BCUT2D eigenvalue weighted by Crippen LogP contribution is 2.26. The maximum atomic E-state index is 9.41. The number of anilines is 1. The summed E-state index contributed by atoms with van der Waals surface area (Å²) in [6.45, 7) is 7.91. The van der Waals surface area contributed by atoms with E-state index in [9.17, 15) is 5.26 Å². The van der Waals surface area contributed by atoms with Crippen LogP contribution in [0.2, 0.25) is 0 Å². The highest BCUT2D eigenvalue weighted by Gasteiger charge is 2.32. The van der Waals surface area contributed by atoms with Crippen molar-refractivity contribution in [2.45, 2.75) is 45.3 Å². The third kappa shape index (κ3) is 4.05. The summed E-state index contributed by atoms with van der Waals surface area (Å²) in [6, 6.07) is 10.4. The number of aryl methyl sites for hydroxylation is 1. The normalized spacial score (nSPS) is 14.7. The van der Waals surface area contributed by atoms with Gasteiger partial charge in [0.15, 0.2) is 0 Å². The van der Waals surface area contributed by atoms with Crippen LogP contribution < -0.4 is 5.32 Å². The standard InChI is InChI=1S/C15H22N2O/c1-12-7-6-8-13(9-12)17-15(4,11-16)10-14(2,3)18-5/h6-9,17H,10H2,1-5H3. The first-order valence-electron chi connectivity index (χ1n) is 6.11. The van der Waals surface area contributed by atoms with Crippen LogP contribution in [-0.2, 0) is 4.74 Å². The highest BCUT2D eigenvalue weighted by molar-refractivity contribution is 5.49. The molecule has 0 fully saturated rings. The number of nitrogens with zero attached hydrogens (tertiary/aromatic N) is 1. The number of nitriles is 1. The van der Waals surface area contributed by atoms with Gasteiger partial charge < -0.3 is 10.1 Å². The van der Waals surface area contributed by atoms with E-state index >= 15 is 0 Å². The molecule has 0 amide bonds. The van der Waals surface area contributed by atoms with Crippen LogP contribution >= 0.6 is 0 Å². The average Bonchev–Trinajstić information content (AvgIpc) is 2.28. The number of ether oxygens (including phenoxy) is 1. The number of rotatable bonds is 5. The number of hydrogen-bond acceptors (Lipinski definition) is 3. The lowest BCUT2D eigenvalue weighted by atomic mass is 9.88. The van der Waals surface area contributed by atoms with Gasteiger partial charge in [0.05, 0.1) is 11.7 Å². The zero-order valence-corrected chi connectivity index (χ0v) is 11.9. The maximum absolute atomic E-state index is 9.41. The summed E-state index contributed by atoms with van der Waals surface area (Å²) in [6.07, 6.45) is 0.612. The van der Waals surface area contributed by atoms with Crippen molar-refractivity contribution in [1.82, 2.24) is 0 Å². The molecule has 0 aromatic heterocycles. The average molecular weight is 246 g/mol. The summed E-state index contributed by atoms with van der Waals surface area (Å²) in [7, 11) is 1.67. The van der Waals surface area contributed by atoms with Crippen LogP contribution in [0.25, 0.3) is 0 Å². The van der Waals surface area contributed by atoms with Gasteiger partial charge >= 0.3 is 0 Å². The Kier molecular flexibility index (Phi) is 4.37. The van der Waals surface area contributed by atoms with Gasteiger partial charge in [0, 0.05) is 19.2 Å². The number of benzene rings is 1. The molecule has 1 aromatic rings. The molecule has 98 valence electrons. The lowest BCUT2D eigenvalue weighted by Gasteiger charge is -2.33. The minimum Gasteiger partial charge on any atom is -0.379 e. The van der Waals surface area contributed by atoms with Gasteiger partial charge in [-0.3, -0.25) is 0 Å². The molecule has 0 spiro atoms.